The summed E-state index contributed by atoms with van der Waals surface area (Å²) in [6.45, 7) is 1.84. The average Bonchev–Trinajstić information content (AvgIpc) is 3.20. The molecule has 4 rings (SSSR count). The van der Waals surface area contributed by atoms with Crippen LogP contribution in [-0.2, 0) is 17.6 Å². The summed E-state index contributed by atoms with van der Waals surface area (Å²) >= 11 is 0. The highest BCUT2D eigenvalue weighted by Gasteiger charge is 2.21. The van der Waals surface area contributed by atoms with Gasteiger partial charge < -0.3 is 9.72 Å². The predicted molar refractivity (Wildman–Crippen MR) is 119 cm³/mol. The fourth-order valence-electron chi connectivity index (χ4n) is 3.64. The standard InChI is InChI=1S/C25H22FN3O3/c1-15-12-19(25(31)29-21(30)14-16-6-4-3-5-7-16)24(32-2)23-22(15)27-20(28-23)13-17-8-10-18(26)11-9-17/h3-12H,13-14H2,1-2H3,(H,27,28)(H,29,30,31). The van der Waals surface area contributed by atoms with Gasteiger partial charge >= 0.3 is 0 Å². The highest BCUT2D eigenvalue weighted by molar-refractivity contribution is 6.09. The van der Waals surface area contributed by atoms with Crippen molar-refractivity contribution in [3.8, 4) is 5.75 Å². The van der Waals surface area contributed by atoms with E-state index in [4.69, 9.17) is 4.74 Å². The molecule has 0 saturated carbocycles. The Bertz CT molecular complexity index is 1280. The number of fused-ring (bicyclic) bond motifs is 1. The Hall–Kier alpha value is -4.00. The number of ether oxygens (including phenoxy) is 1. The smallest absolute Gasteiger partial charge is 0.261 e. The zero-order valence-electron chi connectivity index (χ0n) is 17.7. The molecule has 0 atom stereocenters. The maximum atomic E-state index is 13.2. The summed E-state index contributed by atoms with van der Waals surface area (Å²) in [6, 6.07) is 17.1. The minimum atomic E-state index is -0.539. The number of benzene rings is 3. The Morgan fingerprint density at radius 1 is 1.06 bits per heavy atom. The van der Waals surface area contributed by atoms with E-state index in [0.29, 0.717) is 29.0 Å². The molecule has 0 unspecified atom stereocenters. The Morgan fingerprint density at radius 2 is 1.78 bits per heavy atom. The van der Waals surface area contributed by atoms with Crippen molar-refractivity contribution < 1.29 is 18.7 Å². The summed E-state index contributed by atoms with van der Waals surface area (Å²) in [5.74, 6) is -0.266. The number of carbonyl (C=O) groups is 2. The van der Waals surface area contributed by atoms with Gasteiger partial charge in [-0.15, -0.1) is 0 Å². The highest BCUT2D eigenvalue weighted by Crippen LogP contribution is 2.31. The van der Waals surface area contributed by atoms with Crippen LogP contribution in [0.25, 0.3) is 11.0 Å². The van der Waals surface area contributed by atoms with Gasteiger partial charge in [-0.25, -0.2) is 9.37 Å². The quantitative estimate of drug-likeness (QED) is 0.481. The van der Waals surface area contributed by atoms with Gasteiger partial charge in [0.2, 0.25) is 5.91 Å². The first-order valence-electron chi connectivity index (χ1n) is 10.1. The molecule has 1 heterocycles. The summed E-state index contributed by atoms with van der Waals surface area (Å²) in [4.78, 5) is 33.1. The molecule has 0 aliphatic heterocycles. The predicted octanol–water partition coefficient (Wildman–Crippen LogP) is 4.11. The van der Waals surface area contributed by atoms with Gasteiger partial charge in [0.1, 0.15) is 17.2 Å². The molecule has 0 fully saturated rings. The van der Waals surface area contributed by atoms with Crippen LogP contribution in [0, 0.1) is 12.7 Å². The fourth-order valence-corrected chi connectivity index (χ4v) is 3.64. The molecule has 2 N–H and O–H groups in total. The van der Waals surface area contributed by atoms with Gasteiger partial charge in [-0.1, -0.05) is 42.5 Å². The normalized spacial score (nSPS) is 10.8. The third-order valence-corrected chi connectivity index (χ3v) is 5.15. The third-order valence-electron chi connectivity index (χ3n) is 5.15. The number of nitrogens with one attached hydrogen (secondary N) is 2. The van der Waals surface area contributed by atoms with E-state index in [-0.39, 0.29) is 17.8 Å². The maximum Gasteiger partial charge on any atom is 0.261 e. The van der Waals surface area contributed by atoms with Crippen molar-refractivity contribution in [1.29, 1.82) is 0 Å². The van der Waals surface area contributed by atoms with E-state index in [1.807, 2.05) is 37.3 Å². The number of aryl methyl sites for hydroxylation is 1. The Morgan fingerprint density at radius 3 is 2.47 bits per heavy atom. The number of methoxy groups -OCH3 is 1. The number of carbonyl (C=O) groups excluding carboxylic acids is 2. The molecule has 0 bridgehead atoms. The second-order valence-corrected chi connectivity index (χ2v) is 7.52. The minimum Gasteiger partial charge on any atom is -0.494 e. The first kappa shape index (κ1) is 21.2. The SMILES string of the molecule is COc1c(C(=O)NC(=O)Cc2ccccc2)cc(C)c2nc(Cc3ccc(F)cc3)[nH]c12. The number of aromatic nitrogens is 2. The van der Waals surface area contributed by atoms with Gasteiger partial charge in [0.05, 0.1) is 24.6 Å². The van der Waals surface area contributed by atoms with Crippen LogP contribution in [0.2, 0.25) is 0 Å². The van der Waals surface area contributed by atoms with Crippen LogP contribution in [0.5, 0.6) is 5.75 Å². The maximum absolute atomic E-state index is 13.2. The highest BCUT2D eigenvalue weighted by atomic mass is 19.1. The first-order valence-corrected chi connectivity index (χ1v) is 10.1. The number of hydrogen-bond donors (Lipinski definition) is 2. The molecule has 32 heavy (non-hydrogen) atoms. The van der Waals surface area contributed by atoms with Crippen molar-refractivity contribution in [2.24, 2.45) is 0 Å². The number of halogens is 1. The molecule has 2 amide bonds. The van der Waals surface area contributed by atoms with Crippen molar-refractivity contribution in [3.05, 3.63) is 94.6 Å². The Kier molecular flexibility index (Phi) is 5.98. The molecule has 3 aromatic carbocycles. The second kappa shape index (κ2) is 9.01. The topological polar surface area (TPSA) is 84.1 Å². The number of H-pyrrole nitrogens is 1. The molecule has 0 spiro atoms. The molecule has 162 valence electrons. The fraction of sp³-hybridized carbons (Fsp3) is 0.160. The van der Waals surface area contributed by atoms with Crippen LogP contribution in [0.4, 0.5) is 4.39 Å². The van der Waals surface area contributed by atoms with E-state index in [0.717, 1.165) is 16.7 Å². The Labute approximate surface area is 184 Å². The average molecular weight is 431 g/mol. The van der Waals surface area contributed by atoms with Gasteiger partial charge in [0.15, 0.2) is 5.75 Å². The number of imide groups is 1. The number of rotatable bonds is 6. The summed E-state index contributed by atoms with van der Waals surface area (Å²) in [5, 5.41) is 2.44. The molecular weight excluding hydrogens is 409 g/mol. The van der Waals surface area contributed by atoms with Crippen LogP contribution in [0.3, 0.4) is 0 Å². The van der Waals surface area contributed by atoms with Gasteiger partial charge in [-0.3, -0.25) is 14.9 Å². The molecule has 0 aliphatic rings. The number of imidazole rings is 1. The van der Waals surface area contributed by atoms with Crippen molar-refractivity contribution >= 4 is 22.8 Å². The first-order chi connectivity index (χ1) is 15.4. The van der Waals surface area contributed by atoms with Crippen LogP contribution in [0.1, 0.15) is 32.9 Å². The van der Waals surface area contributed by atoms with Gasteiger partial charge in [-0.05, 0) is 41.8 Å². The van der Waals surface area contributed by atoms with Crippen LogP contribution < -0.4 is 10.1 Å². The molecule has 6 nitrogen and oxygen atoms in total. The van der Waals surface area contributed by atoms with Crippen LogP contribution in [-0.4, -0.2) is 28.9 Å². The molecular formula is C25H22FN3O3. The largest absolute Gasteiger partial charge is 0.494 e. The van der Waals surface area contributed by atoms with E-state index in [2.05, 4.69) is 15.3 Å². The van der Waals surface area contributed by atoms with Gasteiger partial charge in [-0.2, -0.15) is 0 Å². The lowest BCUT2D eigenvalue weighted by atomic mass is 10.1. The lowest BCUT2D eigenvalue weighted by Gasteiger charge is -2.11. The number of aromatic amines is 1. The molecule has 0 aliphatic carbocycles. The molecule has 7 heteroatoms. The zero-order chi connectivity index (χ0) is 22.7. The number of amides is 2. The van der Waals surface area contributed by atoms with Crippen molar-refractivity contribution in [1.82, 2.24) is 15.3 Å². The number of hydrogen-bond acceptors (Lipinski definition) is 4. The van der Waals surface area contributed by atoms with E-state index in [1.54, 1.807) is 18.2 Å². The van der Waals surface area contributed by atoms with Crippen LogP contribution in [0.15, 0.2) is 60.7 Å². The molecule has 0 radical (unpaired) electrons. The summed E-state index contributed by atoms with van der Waals surface area (Å²) in [6.07, 6.45) is 0.566. The van der Waals surface area contributed by atoms with Gasteiger partial charge in [0, 0.05) is 6.42 Å². The van der Waals surface area contributed by atoms with E-state index in [9.17, 15) is 14.0 Å². The molecule has 1 aromatic heterocycles. The summed E-state index contributed by atoms with van der Waals surface area (Å²) in [5.41, 5.74) is 3.97. The van der Waals surface area contributed by atoms with Crippen molar-refractivity contribution in [2.45, 2.75) is 19.8 Å². The van der Waals surface area contributed by atoms with E-state index < -0.39 is 11.8 Å². The molecule has 0 saturated heterocycles. The monoisotopic (exact) mass is 431 g/mol. The van der Waals surface area contributed by atoms with E-state index in [1.165, 1.54) is 19.2 Å². The molecule has 4 aromatic rings. The van der Waals surface area contributed by atoms with Gasteiger partial charge in [0.25, 0.3) is 5.91 Å². The van der Waals surface area contributed by atoms with Crippen molar-refractivity contribution in [2.75, 3.05) is 7.11 Å². The minimum absolute atomic E-state index is 0.0992. The second-order valence-electron chi connectivity index (χ2n) is 7.52. The Balaban J connectivity index is 1.60. The number of nitrogens with zero attached hydrogens (tertiary/aromatic N) is 1. The van der Waals surface area contributed by atoms with Crippen LogP contribution >= 0.6 is 0 Å². The van der Waals surface area contributed by atoms with E-state index >= 15 is 0 Å². The zero-order valence-corrected chi connectivity index (χ0v) is 17.7. The summed E-state index contributed by atoms with van der Waals surface area (Å²) < 4.78 is 18.7. The van der Waals surface area contributed by atoms with Crippen molar-refractivity contribution in [3.63, 3.8) is 0 Å². The third kappa shape index (κ3) is 4.51. The lowest BCUT2D eigenvalue weighted by Crippen LogP contribution is -2.32. The lowest BCUT2D eigenvalue weighted by molar-refractivity contribution is -0.119. The summed E-state index contributed by atoms with van der Waals surface area (Å²) in [7, 11) is 1.47.